The first kappa shape index (κ1) is 12.6. The van der Waals surface area contributed by atoms with Gasteiger partial charge in [-0.15, -0.1) is 0 Å². The van der Waals surface area contributed by atoms with Crippen molar-refractivity contribution in [2.24, 2.45) is 0 Å². The van der Waals surface area contributed by atoms with E-state index in [1.807, 2.05) is 13.0 Å². The van der Waals surface area contributed by atoms with E-state index in [0.29, 0.717) is 16.7 Å². The molecule has 1 aromatic carbocycles. The van der Waals surface area contributed by atoms with Crippen molar-refractivity contribution in [1.29, 1.82) is 0 Å². The lowest BCUT2D eigenvalue weighted by Crippen LogP contribution is -2.02. The zero-order valence-electron chi connectivity index (χ0n) is 9.61. The maximum atomic E-state index is 10.9. The highest BCUT2D eigenvalue weighted by Crippen LogP contribution is 2.20. The van der Waals surface area contributed by atoms with Crippen molar-refractivity contribution in [3.8, 4) is 0 Å². The number of halogens is 1. The fraction of sp³-hybridized carbons (Fsp3) is 0.167. The van der Waals surface area contributed by atoms with Crippen molar-refractivity contribution in [3.05, 3.63) is 45.8 Å². The van der Waals surface area contributed by atoms with Crippen LogP contribution in [0.25, 0.3) is 0 Å². The standard InChI is InChI=1S/C12H11BrN2O3/c1-7-2-11(15-18-7)6-14-10-4-8(12(16)17)3-9(13)5-10/h2-5,14H,6H2,1H3,(H,16,17). The highest BCUT2D eigenvalue weighted by molar-refractivity contribution is 9.10. The van der Waals surface area contributed by atoms with E-state index in [4.69, 9.17) is 9.63 Å². The molecule has 0 saturated heterocycles. The summed E-state index contributed by atoms with van der Waals surface area (Å²) in [5.74, 6) is -0.219. The molecular weight excluding hydrogens is 300 g/mol. The van der Waals surface area contributed by atoms with Crippen LogP contribution < -0.4 is 5.32 Å². The largest absolute Gasteiger partial charge is 0.478 e. The fourth-order valence-corrected chi connectivity index (χ4v) is 2.00. The minimum absolute atomic E-state index is 0.225. The van der Waals surface area contributed by atoms with E-state index in [0.717, 1.165) is 11.5 Å². The first-order valence-electron chi connectivity index (χ1n) is 5.24. The van der Waals surface area contributed by atoms with Gasteiger partial charge in [-0.1, -0.05) is 21.1 Å². The second kappa shape index (κ2) is 5.22. The normalized spacial score (nSPS) is 10.3. The minimum Gasteiger partial charge on any atom is -0.478 e. The Kier molecular flexibility index (Phi) is 3.66. The molecule has 2 aromatic rings. The number of nitrogens with one attached hydrogen (secondary N) is 1. The second-order valence-corrected chi connectivity index (χ2v) is 4.73. The van der Waals surface area contributed by atoms with Crippen LogP contribution in [0, 0.1) is 6.92 Å². The Hall–Kier alpha value is -1.82. The van der Waals surface area contributed by atoms with E-state index in [1.54, 1.807) is 18.2 Å². The van der Waals surface area contributed by atoms with Gasteiger partial charge in [0.25, 0.3) is 0 Å². The number of hydrogen-bond donors (Lipinski definition) is 2. The molecule has 2 rings (SSSR count). The van der Waals surface area contributed by atoms with E-state index in [2.05, 4.69) is 26.4 Å². The number of benzene rings is 1. The maximum absolute atomic E-state index is 10.9. The highest BCUT2D eigenvalue weighted by atomic mass is 79.9. The predicted octanol–water partition coefficient (Wildman–Crippen LogP) is 3.06. The van der Waals surface area contributed by atoms with Crippen molar-refractivity contribution in [2.45, 2.75) is 13.5 Å². The summed E-state index contributed by atoms with van der Waals surface area (Å²) in [6, 6.07) is 6.75. The van der Waals surface area contributed by atoms with Crippen LogP contribution >= 0.6 is 15.9 Å². The van der Waals surface area contributed by atoms with E-state index in [9.17, 15) is 4.79 Å². The smallest absolute Gasteiger partial charge is 0.335 e. The molecule has 0 aliphatic heterocycles. The van der Waals surface area contributed by atoms with Crippen LogP contribution in [-0.4, -0.2) is 16.2 Å². The van der Waals surface area contributed by atoms with Crippen LogP contribution in [0.2, 0.25) is 0 Å². The number of hydrogen-bond acceptors (Lipinski definition) is 4. The molecule has 94 valence electrons. The minimum atomic E-state index is -0.961. The van der Waals surface area contributed by atoms with Crippen LogP contribution in [0.1, 0.15) is 21.8 Å². The molecule has 0 aliphatic carbocycles. The molecule has 1 aromatic heterocycles. The molecule has 2 N–H and O–H groups in total. The molecule has 6 heteroatoms. The molecule has 0 atom stereocenters. The number of anilines is 1. The van der Waals surface area contributed by atoms with Gasteiger partial charge in [0, 0.05) is 16.2 Å². The topological polar surface area (TPSA) is 75.4 Å². The van der Waals surface area contributed by atoms with E-state index in [-0.39, 0.29) is 5.56 Å². The Morgan fingerprint density at radius 1 is 1.44 bits per heavy atom. The van der Waals surface area contributed by atoms with Crippen LogP contribution in [0.5, 0.6) is 0 Å². The number of aromatic nitrogens is 1. The summed E-state index contributed by atoms with van der Waals surface area (Å²) in [6.45, 7) is 2.30. The summed E-state index contributed by atoms with van der Waals surface area (Å²) < 4.78 is 5.65. The molecule has 5 nitrogen and oxygen atoms in total. The molecule has 18 heavy (non-hydrogen) atoms. The lowest BCUT2D eigenvalue weighted by atomic mass is 10.2. The Labute approximate surface area is 112 Å². The third-order valence-electron chi connectivity index (χ3n) is 2.30. The fourth-order valence-electron chi connectivity index (χ4n) is 1.51. The SMILES string of the molecule is Cc1cc(CNc2cc(Br)cc(C(=O)O)c2)no1. The van der Waals surface area contributed by atoms with Crippen molar-refractivity contribution in [1.82, 2.24) is 5.16 Å². The molecule has 0 saturated carbocycles. The number of nitrogens with zero attached hydrogens (tertiary/aromatic N) is 1. The number of carbonyl (C=O) groups is 1. The van der Waals surface area contributed by atoms with Gasteiger partial charge in [0.2, 0.25) is 0 Å². The molecule has 0 fully saturated rings. The van der Waals surface area contributed by atoms with Crippen LogP contribution in [-0.2, 0) is 6.54 Å². The van der Waals surface area contributed by atoms with Crippen LogP contribution in [0.3, 0.4) is 0 Å². The van der Waals surface area contributed by atoms with Gasteiger partial charge in [0.1, 0.15) is 11.5 Å². The highest BCUT2D eigenvalue weighted by Gasteiger charge is 2.06. The van der Waals surface area contributed by atoms with Gasteiger partial charge in [0.15, 0.2) is 0 Å². The Balaban J connectivity index is 2.11. The summed E-state index contributed by atoms with van der Waals surface area (Å²) in [4.78, 5) is 10.9. The third-order valence-corrected chi connectivity index (χ3v) is 2.75. The van der Waals surface area contributed by atoms with Gasteiger partial charge in [-0.2, -0.15) is 0 Å². The first-order chi connectivity index (χ1) is 8.54. The maximum Gasteiger partial charge on any atom is 0.335 e. The Bertz CT molecular complexity index is 580. The van der Waals surface area contributed by atoms with Gasteiger partial charge >= 0.3 is 5.97 Å². The van der Waals surface area contributed by atoms with E-state index >= 15 is 0 Å². The van der Waals surface area contributed by atoms with Crippen molar-refractivity contribution < 1.29 is 14.4 Å². The van der Waals surface area contributed by atoms with Gasteiger partial charge < -0.3 is 14.9 Å². The molecule has 0 radical (unpaired) electrons. The third kappa shape index (κ3) is 3.10. The molecular formula is C12H11BrN2O3. The van der Waals surface area contributed by atoms with Crippen molar-refractivity contribution >= 4 is 27.6 Å². The van der Waals surface area contributed by atoms with E-state index in [1.165, 1.54) is 0 Å². The monoisotopic (exact) mass is 310 g/mol. The van der Waals surface area contributed by atoms with E-state index < -0.39 is 5.97 Å². The van der Waals surface area contributed by atoms with Crippen molar-refractivity contribution in [3.63, 3.8) is 0 Å². The van der Waals surface area contributed by atoms with Gasteiger partial charge in [-0.25, -0.2) is 4.79 Å². The summed E-state index contributed by atoms with van der Waals surface area (Å²) in [7, 11) is 0. The van der Waals surface area contributed by atoms with Crippen molar-refractivity contribution in [2.75, 3.05) is 5.32 Å². The average Bonchev–Trinajstić information content (AvgIpc) is 2.72. The Morgan fingerprint density at radius 2 is 2.22 bits per heavy atom. The number of aromatic carboxylic acids is 1. The van der Waals surface area contributed by atoms with Crippen LogP contribution in [0.4, 0.5) is 5.69 Å². The van der Waals surface area contributed by atoms with Crippen LogP contribution in [0.15, 0.2) is 33.3 Å². The predicted molar refractivity (Wildman–Crippen MR) is 69.7 cm³/mol. The molecule has 0 aliphatic rings. The molecule has 0 amide bonds. The number of rotatable bonds is 4. The zero-order chi connectivity index (χ0) is 13.1. The average molecular weight is 311 g/mol. The Morgan fingerprint density at radius 3 is 2.83 bits per heavy atom. The van der Waals surface area contributed by atoms with Gasteiger partial charge in [-0.05, 0) is 25.1 Å². The molecule has 1 heterocycles. The summed E-state index contributed by atoms with van der Waals surface area (Å²) in [5, 5.41) is 15.9. The molecule has 0 unspecified atom stereocenters. The summed E-state index contributed by atoms with van der Waals surface area (Å²) in [6.07, 6.45) is 0. The first-order valence-corrected chi connectivity index (χ1v) is 6.04. The second-order valence-electron chi connectivity index (χ2n) is 3.82. The number of carboxylic acids is 1. The number of aryl methyl sites for hydroxylation is 1. The zero-order valence-corrected chi connectivity index (χ0v) is 11.2. The van der Waals surface area contributed by atoms with Gasteiger partial charge in [0.05, 0.1) is 12.1 Å². The molecule has 0 bridgehead atoms. The molecule has 0 spiro atoms. The quantitative estimate of drug-likeness (QED) is 0.907. The lowest BCUT2D eigenvalue weighted by molar-refractivity contribution is 0.0697. The number of carboxylic acid groups (broad SMARTS) is 1. The summed E-state index contributed by atoms with van der Waals surface area (Å²) >= 11 is 3.27. The summed E-state index contributed by atoms with van der Waals surface area (Å²) in [5.41, 5.74) is 1.70. The lowest BCUT2D eigenvalue weighted by Gasteiger charge is -2.06. The van der Waals surface area contributed by atoms with Gasteiger partial charge in [-0.3, -0.25) is 0 Å².